The van der Waals surface area contributed by atoms with Crippen molar-refractivity contribution in [2.45, 2.75) is 19.4 Å². The molecule has 2 aliphatic heterocycles. The molecule has 0 aromatic carbocycles. The van der Waals surface area contributed by atoms with Gasteiger partial charge < -0.3 is 25.2 Å². The maximum Gasteiger partial charge on any atom is 0.227 e. The molecule has 2 aromatic rings. The minimum Gasteiger partial charge on any atom is -0.375 e. The van der Waals surface area contributed by atoms with Gasteiger partial charge in [-0.2, -0.15) is 4.98 Å². The lowest BCUT2D eigenvalue weighted by molar-refractivity contribution is 0.0381. The standard InChI is InChI=1S/C19H28N8O/c1-3-15-13-27(8-9-28-15)17-10-16(14-11-21-18(20)22-12-14)23-19(24-17)26-6-4-25(2)5-7-26/h10-12,15H,3-9,13H2,1-2H3,(H2,20,21,22)/t15-/m0/s1. The highest BCUT2D eigenvalue weighted by molar-refractivity contribution is 5.64. The summed E-state index contributed by atoms with van der Waals surface area (Å²) >= 11 is 0. The second kappa shape index (κ2) is 8.24. The maximum atomic E-state index is 5.83. The lowest BCUT2D eigenvalue weighted by atomic mass is 10.2. The largest absolute Gasteiger partial charge is 0.375 e. The van der Waals surface area contributed by atoms with Gasteiger partial charge in [-0.25, -0.2) is 15.0 Å². The summed E-state index contributed by atoms with van der Waals surface area (Å²) in [5.74, 6) is 1.95. The van der Waals surface area contributed by atoms with E-state index in [0.29, 0.717) is 6.61 Å². The van der Waals surface area contributed by atoms with Crippen LogP contribution in [0.1, 0.15) is 13.3 Å². The smallest absolute Gasteiger partial charge is 0.227 e. The quantitative estimate of drug-likeness (QED) is 0.824. The predicted octanol–water partition coefficient (Wildman–Crippen LogP) is 0.883. The topological polar surface area (TPSA) is 96.5 Å². The van der Waals surface area contributed by atoms with Crippen molar-refractivity contribution in [2.75, 3.05) is 68.5 Å². The SMILES string of the molecule is CC[C@H]1CN(c2cc(-c3cnc(N)nc3)nc(N3CCN(C)CC3)n2)CCO1. The fraction of sp³-hybridized carbons (Fsp3) is 0.579. The first kappa shape index (κ1) is 18.8. The van der Waals surface area contributed by atoms with Crippen LogP contribution in [-0.2, 0) is 4.74 Å². The van der Waals surface area contributed by atoms with E-state index in [0.717, 1.165) is 68.7 Å². The van der Waals surface area contributed by atoms with E-state index in [2.05, 4.69) is 38.6 Å². The van der Waals surface area contributed by atoms with Gasteiger partial charge in [0.25, 0.3) is 0 Å². The molecule has 0 aliphatic carbocycles. The molecule has 150 valence electrons. The van der Waals surface area contributed by atoms with Gasteiger partial charge in [-0.1, -0.05) is 6.92 Å². The Balaban J connectivity index is 1.69. The number of piperazine rings is 1. The Hall–Kier alpha value is -2.52. The summed E-state index contributed by atoms with van der Waals surface area (Å²) in [5.41, 5.74) is 7.31. The summed E-state index contributed by atoms with van der Waals surface area (Å²) in [6, 6.07) is 2.02. The monoisotopic (exact) mass is 384 g/mol. The Labute approximate surface area is 165 Å². The molecule has 2 N–H and O–H groups in total. The van der Waals surface area contributed by atoms with Crippen LogP contribution >= 0.6 is 0 Å². The van der Waals surface area contributed by atoms with Crippen molar-refractivity contribution in [3.05, 3.63) is 18.5 Å². The molecule has 2 fully saturated rings. The Morgan fingerprint density at radius 2 is 1.82 bits per heavy atom. The second-order valence-corrected chi connectivity index (χ2v) is 7.38. The molecule has 0 amide bonds. The molecule has 4 rings (SSSR count). The lowest BCUT2D eigenvalue weighted by Gasteiger charge is -2.35. The fourth-order valence-corrected chi connectivity index (χ4v) is 3.52. The van der Waals surface area contributed by atoms with Crippen LogP contribution in [0.4, 0.5) is 17.7 Å². The van der Waals surface area contributed by atoms with Crippen LogP contribution in [0.15, 0.2) is 18.5 Å². The minimum atomic E-state index is 0.235. The van der Waals surface area contributed by atoms with Crippen LogP contribution in [0.5, 0.6) is 0 Å². The fourth-order valence-electron chi connectivity index (χ4n) is 3.52. The molecule has 9 nitrogen and oxygen atoms in total. The molecule has 1 atom stereocenters. The zero-order valence-corrected chi connectivity index (χ0v) is 16.6. The number of nitrogens with two attached hydrogens (primary N) is 1. The van der Waals surface area contributed by atoms with Gasteiger partial charge >= 0.3 is 0 Å². The van der Waals surface area contributed by atoms with Crippen LogP contribution in [0.3, 0.4) is 0 Å². The van der Waals surface area contributed by atoms with E-state index in [9.17, 15) is 0 Å². The number of nitrogens with zero attached hydrogens (tertiary/aromatic N) is 7. The Morgan fingerprint density at radius 3 is 2.54 bits per heavy atom. The first-order valence-corrected chi connectivity index (χ1v) is 9.89. The van der Waals surface area contributed by atoms with Gasteiger partial charge in [0.05, 0.1) is 18.4 Å². The van der Waals surface area contributed by atoms with Crippen LogP contribution in [0, 0.1) is 0 Å². The van der Waals surface area contributed by atoms with Crippen LogP contribution in [0.25, 0.3) is 11.3 Å². The van der Waals surface area contributed by atoms with E-state index in [1.165, 1.54) is 0 Å². The van der Waals surface area contributed by atoms with Gasteiger partial charge in [-0.15, -0.1) is 0 Å². The van der Waals surface area contributed by atoms with Crippen LogP contribution < -0.4 is 15.5 Å². The first-order valence-electron chi connectivity index (χ1n) is 9.89. The minimum absolute atomic E-state index is 0.235. The van der Waals surface area contributed by atoms with E-state index in [4.69, 9.17) is 20.4 Å². The van der Waals surface area contributed by atoms with Crippen molar-refractivity contribution in [1.29, 1.82) is 0 Å². The maximum absolute atomic E-state index is 5.83. The molecule has 0 radical (unpaired) electrons. The van der Waals surface area contributed by atoms with Crippen molar-refractivity contribution < 1.29 is 4.74 Å². The van der Waals surface area contributed by atoms with E-state index in [1.54, 1.807) is 12.4 Å². The van der Waals surface area contributed by atoms with E-state index < -0.39 is 0 Å². The molecule has 4 heterocycles. The molecule has 0 spiro atoms. The number of morpholine rings is 1. The summed E-state index contributed by atoms with van der Waals surface area (Å²) < 4.78 is 5.83. The van der Waals surface area contributed by atoms with Gasteiger partial charge in [-0.05, 0) is 13.5 Å². The van der Waals surface area contributed by atoms with Crippen molar-refractivity contribution in [3.63, 3.8) is 0 Å². The second-order valence-electron chi connectivity index (χ2n) is 7.38. The van der Waals surface area contributed by atoms with E-state index >= 15 is 0 Å². The van der Waals surface area contributed by atoms with Gasteiger partial charge in [0, 0.05) is 63.3 Å². The van der Waals surface area contributed by atoms with Crippen LogP contribution in [-0.4, -0.2) is 83.9 Å². The predicted molar refractivity (Wildman–Crippen MR) is 109 cm³/mol. The number of likely N-dealkylation sites (N-methyl/N-ethyl adjacent to an activating group) is 1. The zero-order chi connectivity index (χ0) is 19.5. The Bertz CT molecular complexity index is 791. The molecule has 0 saturated carbocycles. The number of anilines is 3. The molecular formula is C19H28N8O. The van der Waals surface area contributed by atoms with Gasteiger partial charge in [0.2, 0.25) is 11.9 Å². The van der Waals surface area contributed by atoms with Crippen molar-refractivity contribution >= 4 is 17.7 Å². The van der Waals surface area contributed by atoms with Gasteiger partial charge in [0.1, 0.15) is 5.82 Å². The Kier molecular flexibility index (Phi) is 5.54. The summed E-state index contributed by atoms with van der Waals surface area (Å²) in [6.07, 6.45) is 4.66. The highest BCUT2D eigenvalue weighted by Crippen LogP contribution is 2.26. The molecule has 0 unspecified atom stereocenters. The number of hydrogen-bond acceptors (Lipinski definition) is 9. The summed E-state index contributed by atoms with van der Waals surface area (Å²) in [6.45, 7) is 8.37. The van der Waals surface area contributed by atoms with Crippen LogP contribution in [0.2, 0.25) is 0 Å². The van der Waals surface area contributed by atoms with Gasteiger partial charge in [-0.3, -0.25) is 0 Å². The molecule has 2 aliphatic rings. The molecule has 28 heavy (non-hydrogen) atoms. The lowest BCUT2D eigenvalue weighted by Crippen LogP contribution is -2.46. The van der Waals surface area contributed by atoms with Crippen molar-refractivity contribution in [3.8, 4) is 11.3 Å². The number of ether oxygens (including phenoxy) is 1. The normalized spacial score (nSPS) is 21.1. The average Bonchev–Trinajstić information content (AvgIpc) is 2.74. The molecule has 0 bridgehead atoms. The zero-order valence-electron chi connectivity index (χ0n) is 16.6. The Morgan fingerprint density at radius 1 is 1.07 bits per heavy atom. The van der Waals surface area contributed by atoms with E-state index in [-0.39, 0.29) is 12.1 Å². The molecule has 2 aromatic heterocycles. The average molecular weight is 384 g/mol. The number of aromatic nitrogens is 4. The number of rotatable bonds is 4. The molecule has 2 saturated heterocycles. The molecular weight excluding hydrogens is 356 g/mol. The first-order chi connectivity index (χ1) is 13.6. The number of hydrogen-bond donors (Lipinski definition) is 1. The van der Waals surface area contributed by atoms with E-state index in [1.807, 2.05) is 6.07 Å². The summed E-state index contributed by atoms with van der Waals surface area (Å²) in [7, 11) is 2.14. The molecule has 9 heteroatoms. The third-order valence-corrected chi connectivity index (χ3v) is 5.37. The number of nitrogen functional groups attached to an aromatic ring is 1. The third kappa shape index (κ3) is 4.15. The highest BCUT2D eigenvalue weighted by Gasteiger charge is 2.24. The third-order valence-electron chi connectivity index (χ3n) is 5.37. The van der Waals surface area contributed by atoms with Crippen molar-refractivity contribution in [1.82, 2.24) is 24.8 Å². The summed E-state index contributed by atoms with van der Waals surface area (Å²) in [5, 5.41) is 0. The summed E-state index contributed by atoms with van der Waals surface area (Å²) in [4.78, 5) is 24.9. The van der Waals surface area contributed by atoms with Gasteiger partial charge in [0.15, 0.2) is 0 Å². The highest BCUT2D eigenvalue weighted by atomic mass is 16.5. The van der Waals surface area contributed by atoms with Crippen molar-refractivity contribution in [2.24, 2.45) is 0 Å².